The Morgan fingerprint density at radius 2 is 1.45 bits per heavy atom. The highest BCUT2D eigenvalue weighted by Crippen LogP contribution is 2.41. The van der Waals surface area contributed by atoms with E-state index in [0.717, 1.165) is 35.9 Å². The molecule has 22 heteroatoms. The lowest BCUT2D eigenvalue weighted by Crippen LogP contribution is -2.58. The fraction of sp³-hybridized carbons (Fsp3) is 0.449. The molecule has 0 saturated carbocycles. The number of rotatable bonds is 25. The van der Waals surface area contributed by atoms with Crippen LogP contribution < -0.4 is 32.3 Å². The number of imide groups is 1. The lowest BCUT2D eigenvalue weighted by atomic mass is 9.82. The van der Waals surface area contributed by atoms with Gasteiger partial charge in [0.2, 0.25) is 35.4 Å². The highest BCUT2D eigenvalue weighted by molar-refractivity contribution is 6.14. The Hall–Kier alpha value is -7.33. The minimum Gasteiger partial charge on any atom is -0.480 e. The third-order valence-corrected chi connectivity index (χ3v) is 11.5. The SMILES string of the molecule is CC(NC(=O)C(NC(=O)CN1C(=O)C=CC1=O)C(C)C)C(=O)NC(CCN(C(=O)CO)C(c1cc(-c2cc(F)ccc2F)cn1Cc1ccccc1)C(C)(C)C)C(=O)NCCNC(=O)CCC(N)C(=O)O. The average molecular weight is 992 g/mol. The van der Waals surface area contributed by atoms with Crippen LogP contribution in [0.5, 0.6) is 0 Å². The van der Waals surface area contributed by atoms with Crippen molar-refractivity contribution in [3.8, 4) is 11.1 Å². The van der Waals surface area contributed by atoms with Gasteiger partial charge in [0.05, 0.1) is 6.04 Å². The van der Waals surface area contributed by atoms with Gasteiger partial charge in [0.15, 0.2) is 0 Å². The lowest BCUT2D eigenvalue weighted by molar-refractivity contribution is -0.142. The first kappa shape index (κ1) is 56.3. The number of nitrogens with zero attached hydrogens (tertiary/aromatic N) is 3. The first-order chi connectivity index (χ1) is 33.4. The van der Waals surface area contributed by atoms with Gasteiger partial charge in [0.25, 0.3) is 11.8 Å². The summed E-state index contributed by atoms with van der Waals surface area (Å²) in [6.45, 7) is 8.03. The summed E-state index contributed by atoms with van der Waals surface area (Å²) >= 11 is 0. The van der Waals surface area contributed by atoms with Gasteiger partial charge in [0, 0.05) is 67.8 Å². The molecule has 20 nitrogen and oxygen atoms in total. The largest absolute Gasteiger partial charge is 0.480 e. The number of hydrogen-bond donors (Lipinski definition) is 8. The minimum atomic E-state index is -1.45. The zero-order valence-electron chi connectivity index (χ0n) is 40.5. The van der Waals surface area contributed by atoms with Crippen molar-refractivity contribution in [2.45, 2.75) is 97.6 Å². The maximum Gasteiger partial charge on any atom is 0.320 e. The summed E-state index contributed by atoms with van der Waals surface area (Å²) in [6.07, 6.45) is 2.99. The molecule has 3 aromatic rings. The summed E-state index contributed by atoms with van der Waals surface area (Å²) in [5, 5.41) is 32.2. The summed E-state index contributed by atoms with van der Waals surface area (Å²) in [7, 11) is 0. The number of nitrogens with one attached hydrogen (secondary N) is 5. The third kappa shape index (κ3) is 16.1. The van der Waals surface area contributed by atoms with E-state index in [4.69, 9.17) is 10.8 Å². The van der Waals surface area contributed by atoms with Crippen LogP contribution in [0.1, 0.15) is 78.1 Å². The first-order valence-corrected chi connectivity index (χ1v) is 23.0. The van der Waals surface area contributed by atoms with E-state index < -0.39 is 120 Å². The standard InChI is InChI=1S/C49H63F2N9O11/c1-28(2)43(57-39(63)26-60-40(64)16-17-41(60)65)47(69)55-29(3)45(67)56-36(46(68)54-20-19-53-38(62)15-14-35(52)48(70)71)18-21-59(42(66)27-61)44(49(4,5)6)37-22-31(33-23-32(50)12-13-34(33)51)25-58(37)24-30-10-8-7-9-11-30/h7-13,16-17,22-23,25,28-29,35-36,43-44,61H,14-15,18-21,24,26-27,52H2,1-6H3,(H,53,62)(H,54,68)(H,55,69)(H,56,67)(H,57,63)(H,70,71). The number of benzene rings is 2. The van der Waals surface area contributed by atoms with Gasteiger partial charge in [-0.05, 0) is 60.9 Å². The third-order valence-electron chi connectivity index (χ3n) is 11.5. The minimum absolute atomic E-state index is 0.0406. The van der Waals surface area contributed by atoms with Gasteiger partial charge in [-0.15, -0.1) is 0 Å². The van der Waals surface area contributed by atoms with Crippen molar-refractivity contribution in [2.24, 2.45) is 17.1 Å². The summed E-state index contributed by atoms with van der Waals surface area (Å²) in [5.41, 5.74) is 6.19. The number of amides is 8. The molecule has 71 heavy (non-hydrogen) atoms. The van der Waals surface area contributed by atoms with Gasteiger partial charge in [-0.2, -0.15) is 0 Å². The average Bonchev–Trinajstić information content (AvgIpc) is 3.86. The van der Waals surface area contributed by atoms with E-state index in [1.54, 1.807) is 30.7 Å². The molecule has 0 fully saturated rings. The number of hydrogen-bond acceptors (Lipinski definition) is 11. The number of carboxylic acids is 1. The predicted octanol–water partition coefficient (Wildman–Crippen LogP) is 1.26. The van der Waals surface area contributed by atoms with Gasteiger partial charge < -0.3 is 52.0 Å². The zero-order valence-corrected chi connectivity index (χ0v) is 40.5. The maximum absolute atomic E-state index is 15.3. The summed E-state index contributed by atoms with van der Waals surface area (Å²) in [6, 6.07) is 7.69. The number of aliphatic carboxylic acids is 1. The normalized spacial score (nSPS) is 14.5. The second-order valence-corrected chi connectivity index (χ2v) is 18.5. The van der Waals surface area contributed by atoms with E-state index in [-0.39, 0.29) is 51.0 Å². The molecule has 2 aromatic carbocycles. The van der Waals surface area contributed by atoms with Gasteiger partial charge >= 0.3 is 5.97 Å². The highest BCUT2D eigenvalue weighted by atomic mass is 19.1. The fourth-order valence-corrected chi connectivity index (χ4v) is 7.80. The second kappa shape index (κ2) is 25.5. The van der Waals surface area contributed by atoms with E-state index in [1.807, 2.05) is 51.1 Å². The number of aliphatic hydroxyl groups excluding tert-OH is 1. The number of carbonyl (C=O) groups excluding carboxylic acids is 8. The summed E-state index contributed by atoms with van der Waals surface area (Å²) in [5.74, 6) is -9.21. The molecule has 0 aliphatic carbocycles. The molecule has 2 heterocycles. The Morgan fingerprint density at radius 3 is 2.06 bits per heavy atom. The van der Waals surface area contributed by atoms with Crippen molar-refractivity contribution in [2.75, 3.05) is 32.8 Å². The van der Waals surface area contributed by atoms with Crippen LogP contribution in [0.4, 0.5) is 8.78 Å². The van der Waals surface area contributed by atoms with Crippen molar-refractivity contribution in [3.05, 3.63) is 95.8 Å². The molecule has 1 aliphatic rings. The molecule has 5 atom stereocenters. The van der Waals surface area contributed by atoms with E-state index >= 15 is 4.39 Å². The Kier molecular flexibility index (Phi) is 20.2. The molecular weight excluding hydrogens is 929 g/mol. The van der Waals surface area contributed by atoms with Gasteiger partial charge in [-0.1, -0.05) is 65.0 Å². The maximum atomic E-state index is 15.3. The lowest BCUT2D eigenvalue weighted by Gasteiger charge is -2.41. The molecule has 5 unspecified atom stereocenters. The molecule has 4 rings (SSSR count). The molecular formula is C49H63F2N9O11. The molecule has 9 N–H and O–H groups in total. The van der Waals surface area contributed by atoms with Gasteiger partial charge in [-0.25, -0.2) is 8.78 Å². The molecule has 0 bridgehead atoms. The number of carbonyl (C=O) groups is 9. The van der Waals surface area contributed by atoms with Crippen LogP contribution in [0, 0.1) is 23.0 Å². The van der Waals surface area contributed by atoms with Crippen molar-refractivity contribution < 1.29 is 62.1 Å². The Morgan fingerprint density at radius 1 is 0.803 bits per heavy atom. The molecule has 1 aromatic heterocycles. The Balaban J connectivity index is 1.63. The molecule has 0 saturated heterocycles. The first-order valence-electron chi connectivity index (χ1n) is 23.0. The molecule has 0 spiro atoms. The number of aromatic nitrogens is 1. The number of carboxylic acid groups (broad SMARTS) is 1. The molecule has 0 radical (unpaired) electrons. The zero-order chi connectivity index (χ0) is 52.7. The van der Waals surface area contributed by atoms with Crippen LogP contribution in [0.25, 0.3) is 11.1 Å². The van der Waals surface area contributed by atoms with Crippen LogP contribution in [0.3, 0.4) is 0 Å². The summed E-state index contributed by atoms with van der Waals surface area (Å²) in [4.78, 5) is 118. The van der Waals surface area contributed by atoms with Gasteiger partial charge in [0.1, 0.15) is 49.0 Å². The van der Waals surface area contributed by atoms with Crippen LogP contribution in [-0.4, -0.2) is 135 Å². The van der Waals surface area contributed by atoms with Crippen LogP contribution >= 0.6 is 0 Å². The monoisotopic (exact) mass is 991 g/mol. The fourth-order valence-electron chi connectivity index (χ4n) is 7.80. The van der Waals surface area contributed by atoms with Crippen molar-refractivity contribution in [3.63, 3.8) is 0 Å². The number of halogens is 2. The Labute approximate surface area is 409 Å². The Bertz CT molecular complexity index is 2460. The van der Waals surface area contributed by atoms with E-state index in [0.29, 0.717) is 16.2 Å². The highest BCUT2D eigenvalue weighted by Gasteiger charge is 2.38. The topological polar surface area (TPSA) is 292 Å². The van der Waals surface area contributed by atoms with E-state index in [1.165, 1.54) is 11.8 Å². The number of aliphatic hydroxyl groups is 1. The molecule has 384 valence electrons. The second-order valence-electron chi connectivity index (χ2n) is 18.5. The van der Waals surface area contributed by atoms with Crippen molar-refractivity contribution in [1.29, 1.82) is 0 Å². The van der Waals surface area contributed by atoms with Gasteiger partial charge in [-0.3, -0.25) is 48.1 Å². The quantitative estimate of drug-likeness (QED) is 0.0440. The van der Waals surface area contributed by atoms with Crippen molar-refractivity contribution in [1.82, 2.24) is 41.0 Å². The molecule has 1 aliphatic heterocycles. The van der Waals surface area contributed by atoms with Crippen LogP contribution in [-0.2, 0) is 49.7 Å². The smallest absolute Gasteiger partial charge is 0.320 e. The van der Waals surface area contributed by atoms with Crippen LogP contribution in [0.15, 0.2) is 72.9 Å². The van der Waals surface area contributed by atoms with E-state index in [2.05, 4.69) is 26.6 Å². The predicted molar refractivity (Wildman–Crippen MR) is 254 cm³/mol. The van der Waals surface area contributed by atoms with E-state index in [9.17, 15) is 52.6 Å². The van der Waals surface area contributed by atoms with Crippen molar-refractivity contribution >= 4 is 53.2 Å². The van der Waals surface area contributed by atoms with Crippen LogP contribution in [0.2, 0.25) is 0 Å². The molecule has 8 amide bonds. The number of nitrogens with two attached hydrogens (primary N) is 1. The summed E-state index contributed by atoms with van der Waals surface area (Å²) < 4.78 is 31.7.